The first-order chi connectivity index (χ1) is 8.47. The Kier molecular flexibility index (Phi) is 3.61. The largest absolute Gasteiger partial charge is 0.392 e. The van der Waals surface area contributed by atoms with E-state index in [1.54, 1.807) is 0 Å². The van der Waals surface area contributed by atoms with E-state index in [1.165, 1.54) is 0 Å². The lowest BCUT2D eigenvalue weighted by Gasteiger charge is -2.09. The standard InChI is InChI=1S/C13H18N4S/c1-8(2)4-12-16-10-5-9(3)6-15-13(10)17(12)7-11(14)18/h5-6,8H,4,7H2,1-3H3,(H2,14,18). The summed E-state index contributed by atoms with van der Waals surface area (Å²) in [6.45, 7) is 6.86. The molecule has 0 aliphatic rings. The van der Waals surface area contributed by atoms with Gasteiger partial charge in [0.25, 0.3) is 0 Å². The SMILES string of the molecule is Cc1cnc2c(c1)nc(CC(C)C)n2CC(N)=S. The zero-order valence-electron chi connectivity index (χ0n) is 11.0. The van der Waals surface area contributed by atoms with Crippen molar-refractivity contribution in [1.29, 1.82) is 0 Å². The van der Waals surface area contributed by atoms with Crippen molar-refractivity contribution in [1.82, 2.24) is 14.5 Å². The topological polar surface area (TPSA) is 56.7 Å². The van der Waals surface area contributed by atoms with Crippen LogP contribution in [0.15, 0.2) is 12.3 Å². The maximum atomic E-state index is 5.66. The Balaban J connectivity index is 2.56. The molecule has 18 heavy (non-hydrogen) atoms. The van der Waals surface area contributed by atoms with Gasteiger partial charge in [-0.05, 0) is 24.5 Å². The molecule has 0 saturated carbocycles. The Morgan fingerprint density at radius 2 is 2.22 bits per heavy atom. The molecule has 0 bridgehead atoms. The molecule has 0 spiro atoms. The normalized spacial score (nSPS) is 11.3. The minimum atomic E-state index is 0.460. The lowest BCUT2D eigenvalue weighted by Crippen LogP contribution is -2.19. The van der Waals surface area contributed by atoms with E-state index in [4.69, 9.17) is 18.0 Å². The zero-order chi connectivity index (χ0) is 13.3. The molecule has 0 fully saturated rings. The molecule has 2 heterocycles. The summed E-state index contributed by atoms with van der Waals surface area (Å²) in [7, 11) is 0. The van der Waals surface area contributed by atoms with Crippen LogP contribution in [0.1, 0.15) is 25.2 Å². The Morgan fingerprint density at radius 1 is 1.50 bits per heavy atom. The average molecular weight is 262 g/mol. The molecule has 0 unspecified atom stereocenters. The van der Waals surface area contributed by atoms with Crippen LogP contribution in [0.4, 0.5) is 0 Å². The number of nitrogens with two attached hydrogens (primary N) is 1. The van der Waals surface area contributed by atoms with Crippen LogP contribution in [-0.4, -0.2) is 19.5 Å². The third kappa shape index (κ3) is 2.67. The van der Waals surface area contributed by atoms with Gasteiger partial charge >= 0.3 is 0 Å². The Hall–Kier alpha value is -1.49. The number of aryl methyl sites for hydroxylation is 1. The number of thiocarbonyl (C=S) groups is 1. The fourth-order valence-electron chi connectivity index (χ4n) is 2.00. The highest BCUT2D eigenvalue weighted by atomic mass is 32.1. The second kappa shape index (κ2) is 5.02. The molecule has 2 rings (SSSR count). The molecular formula is C13H18N4S. The van der Waals surface area contributed by atoms with Crippen molar-refractivity contribution in [2.24, 2.45) is 11.7 Å². The van der Waals surface area contributed by atoms with Crippen molar-refractivity contribution in [3.63, 3.8) is 0 Å². The maximum Gasteiger partial charge on any atom is 0.160 e. The number of nitrogens with zero attached hydrogens (tertiary/aromatic N) is 3. The summed E-state index contributed by atoms with van der Waals surface area (Å²) in [4.78, 5) is 9.56. The molecule has 0 aromatic carbocycles. The highest BCUT2D eigenvalue weighted by Crippen LogP contribution is 2.17. The third-order valence-corrected chi connectivity index (χ3v) is 2.83. The van der Waals surface area contributed by atoms with E-state index < -0.39 is 0 Å². The van der Waals surface area contributed by atoms with Gasteiger partial charge in [-0.3, -0.25) is 0 Å². The van der Waals surface area contributed by atoms with E-state index >= 15 is 0 Å². The molecule has 0 atom stereocenters. The molecule has 4 nitrogen and oxygen atoms in total. The number of rotatable bonds is 4. The minimum Gasteiger partial charge on any atom is -0.392 e. The van der Waals surface area contributed by atoms with Crippen molar-refractivity contribution >= 4 is 28.4 Å². The van der Waals surface area contributed by atoms with Crippen LogP contribution in [0.2, 0.25) is 0 Å². The molecule has 0 saturated heterocycles. The second-order valence-electron chi connectivity index (χ2n) is 5.03. The first-order valence-electron chi connectivity index (χ1n) is 6.07. The van der Waals surface area contributed by atoms with E-state index in [1.807, 2.05) is 23.8 Å². The highest BCUT2D eigenvalue weighted by molar-refractivity contribution is 7.80. The first-order valence-corrected chi connectivity index (χ1v) is 6.48. The summed E-state index contributed by atoms with van der Waals surface area (Å²) in [6.07, 6.45) is 2.75. The van der Waals surface area contributed by atoms with Gasteiger partial charge < -0.3 is 10.3 Å². The van der Waals surface area contributed by atoms with Crippen LogP contribution >= 0.6 is 12.2 Å². The van der Waals surface area contributed by atoms with Gasteiger partial charge in [0.2, 0.25) is 0 Å². The lowest BCUT2D eigenvalue weighted by atomic mass is 10.1. The molecule has 0 aliphatic carbocycles. The molecular weight excluding hydrogens is 244 g/mol. The summed E-state index contributed by atoms with van der Waals surface area (Å²) < 4.78 is 2.02. The summed E-state index contributed by atoms with van der Waals surface area (Å²) in [5.41, 5.74) is 8.55. The Bertz CT molecular complexity index is 586. The number of fused-ring (bicyclic) bond motifs is 1. The van der Waals surface area contributed by atoms with Crippen LogP contribution in [0.25, 0.3) is 11.2 Å². The van der Waals surface area contributed by atoms with Gasteiger partial charge in [-0.25, -0.2) is 9.97 Å². The van der Waals surface area contributed by atoms with E-state index in [2.05, 4.69) is 23.8 Å². The van der Waals surface area contributed by atoms with Crippen LogP contribution in [0, 0.1) is 12.8 Å². The predicted octanol–water partition coefficient (Wildman–Crippen LogP) is 2.22. The van der Waals surface area contributed by atoms with Crippen LogP contribution in [0.5, 0.6) is 0 Å². The van der Waals surface area contributed by atoms with Crippen molar-refractivity contribution < 1.29 is 0 Å². The Labute approximate surface area is 112 Å². The number of hydrogen-bond donors (Lipinski definition) is 1. The molecule has 0 radical (unpaired) electrons. The lowest BCUT2D eigenvalue weighted by molar-refractivity contribution is 0.600. The smallest absolute Gasteiger partial charge is 0.160 e. The van der Waals surface area contributed by atoms with E-state index in [0.717, 1.165) is 29.0 Å². The van der Waals surface area contributed by atoms with Crippen molar-refractivity contribution in [2.45, 2.75) is 33.7 Å². The maximum absolute atomic E-state index is 5.66. The van der Waals surface area contributed by atoms with Gasteiger partial charge in [-0.1, -0.05) is 26.1 Å². The summed E-state index contributed by atoms with van der Waals surface area (Å²) in [5.74, 6) is 1.54. The van der Waals surface area contributed by atoms with Gasteiger partial charge in [0.1, 0.15) is 11.3 Å². The van der Waals surface area contributed by atoms with Crippen LogP contribution in [0.3, 0.4) is 0 Å². The quantitative estimate of drug-likeness (QED) is 0.858. The highest BCUT2D eigenvalue weighted by Gasteiger charge is 2.13. The predicted molar refractivity (Wildman–Crippen MR) is 77.6 cm³/mol. The van der Waals surface area contributed by atoms with Gasteiger partial charge in [0, 0.05) is 12.6 Å². The van der Waals surface area contributed by atoms with Crippen LogP contribution in [-0.2, 0) is 13.0 Å². The molecule has 0 aliphatic heterocycles. The number of pyridine rings is 1. The van der Waals surface area contributed by atoms with Gasteiger partial charge in [0.05, 0.1) is 11.5 Å². The summed E-state index contributed by atoms with van der Waals surface area (Å²) in [6, 6.07) is 2.04. The number of aromatic nitrogens is 3. The molecule has 2 aromatic rings. The number of hydrogen-bond acceptors (Lipinski definition) is 3. The second-order valence-corrected chi connectivity index (χ2v) is 5.56. The van der Waals surface area contributed by atoms with Crippen molar-refractivity contribution in [3.8, 4) is 0 Å². The van der Waals surface area contributed by atoms with Crippen molar-refractivity contribution in [3.05, 3.63) is 23.7 Å². The van der Waals surface area contributed by atoms with Crippen LogP contribution < -0.4 is 5.73 Å². The molecule has 0 amide bonds. The zero-order valence-corrected chi connectivity index (χ0v) is 11.8. The summed E-state index contributed by atoms with van der Waals surface area (Å²) in [5, 5.41) is 0. The van der Waals surface area contributed by atoms with E-state index in [0.29, 0.717) is 17.5 Å². The first kappa shape index (κ1) is 13.0. The minimum absolute atomic E-state index is 0.460. The average Bonchev–Trinajstić information content (AvgIpc) is 2.54. The molecule has 96 valence electrons. The third-order valence-electron chi connectivity index (χ3n) is 2.71. The van der Waals surface area contributed by atoms with E-state index in [9.17, 15) is 0 Å². The molecule has 2 N–H and O–H groups in total. The molecule has 5 heteroatoms. The number of imidazole rings is 1. The van der Waals surface area contributed by atoms with Gasteiger partial charge in [-0.2, -0.15) is 0 Å². The van der Waals surface area contributed by atoms with Gasteiger partial charge in [-0.15, -0.1) is 0 Å². The monoisotopic (exact) mass is 262 g/mol. The van der Waals surface area contributed by atoms with Crippen molar-refractivity contribution in [2.75, 3.05) is 0 Å². The summed E-state index contributed by atoms with van der Waals surface area (Å²) >= 11 is 5.01. The Morgan fingerprint density at radius 3 is 2.83 bits per heavy atom. The molecule has 2 aromatic heterocycles. The van der Waals surface area contributed by atoms with E-state index in [-0.39, 0.29) is 0 Å². The fraction of sp³-hybridized carbons (Fsp3) is 0.462. The fourth-order valence-corrected chi connectivity index (χ4v) is 2.13. The van der Waals surface area contributed by atoms with Gasteiger partial charge in [0.15, 0.2) is 5.65 Å².